The summed E-state index contributed by atoms with van der Waals surface area (Å²) in [5, 5.41) is 7.10. The third kappa shape index (κ3) is 4.92. The van der Waals surface area contributed by atoms with Crippen molar-refractivity contribution in [2.24, 2.45) is 0 Å². The van der Waals surface area contributed by atoms with E-state index in [1.54, 1.807) is 29.1 Å². The molecule has 1 heterocycles. The van der Waals surface area contributed by atoms with Crippen molar-refractivity contribution in [3.05, 3.63) is 78.4 Å². The monoisotopic (exact) mass is 353 g/mol. The van der Waals surface area contributed by atoms with Crippen LogP contribution in [0.3, 0.4) is 0 Å². The molecule has 0 radical (unpaired) electrons. The highest BCUT2D eigenvalue weighted by Gasteiger charge is 2.07. The first-order valence-corrected chi connectivity index (χ1v) is 8.45. The van der Waals surface area contributed by atoms with E-state index in [1.165, 1.54) is 6.07 Å². The molecular weight excluding hydrogens is 333 g/mol. The van der Waals surface area contributed by atoms with Gasteiger partial charge in [-0.3, -0.25) is 4.79 Å². The second-order valence-electron chi connectivity index (χ2n) is 5.79. The minimum absolute atomic E-state index is 0.0801. The summed E-state index contributed by atoms with van der Waals surface area (Å²) in [6, 6.07) is 16.0. The molecule has 3 rings (SSSR count). The molecule has 5 nitrogen and oxygen atoms in total. The summed E-state index contributed by atoms with van der Waals surface area (Å²) in [6.45, 7) is 0.813. The molecule has 0 spiro atoms. The molecular formula is C20H20FN3O2. The van der Waals surface area contributed by atoms with E-state index in [0.717, 1.165) is 11.3 Å². The third-order valence-electron chi connectivity index (χ3n) is 3.76. The van der Waals surface area contributed by atoms with Crippen molar-refractivity contribution in [1.29, 1.82) is 0 Å². The minimum atomic E-state index is -0.382. The van der Waals surface area contributed by atoms with Gasteiger partial charge in [0.25, 0.3) is 0 Å². The van der Waals surface area contributed by atoms with Crippen LogP contribution < -0.4 is 10.1 Å². The number of ether oxygens (including phenoxy) is 1. The largest absolute Gasteiger partial charge is 0.490 e. The fourth-order valence-corrected chi connectivity index (χ4v) is 2.47. The Morgan fingerprint density at radius 1 is 1.12 bits per heavy atom. The van der Waals surface area contributed by atoms with Crippen LogP contribution in [0.25, 0.3) is 5.69 Å². The first kappa shape index (κ1) is 17.7. The van der Waals surface area contributed by atoms with Gasteiger partial charge in [-0.2, -0.15) is 5.10 Å². The Bertz CT molecular complexity index is 849. The topological polar surface area (TPSA) is 56.2 Å². The van der Waals surface area contributed by atoms with Crippen LogP contribution in [-0.4, -0.2) is 28.8 Å². The summed E-state index contributed by atoms with van der Waals surface area (Å²) in [5.74, 6) is -0.234. The zero-order valence-corrected chi connectivity index (χ0v) is 14.3. The van der Waals surface area contributed by atoms with Gasteiger partial charge in [0.05, 0.1) is 24.9 Å². The van der Waals surface area contributed by atoms with Gasteiger partial charge in [0, 0.05) is 12.7 Å². The van der Waals surface area contributed by atoms with Crippen LogP contribution in [-0.2, 0) is 11.2 Å². The fraction of sp³-hybridized carbons (Fsp3) is 0.200. The summed E-state index contributed by atoms with van der Waals surface area (Å²) in [7, 11) is 0. The maximum Gasteiger partial charge on any atom is 0.224 e. The maximum absolute atomic E-state index is 13.4. The Hall–Kier alpha value is -3.15. The number of carbonyl (C=O) groups is 1. The SMILES string of the molecule is O=C(Cc1cnn(-c2ccccc2)c1)NCCCOc1ccccc1F. The Labute approximate surface area is 151 Å². The maximum atomic E-state index is 13.4. The minimum Gasteiger partial charge on any atom is -0.490 e. The lowest BCUT2D eigenvalue weighted by Gasteiger charge is -2.07. The summed E-state index contributed by atoms with van der Waals surface area (Å²) >= 11 is 0. The number of benzene rings is 2. The quantitative estimate of drug-likeness (QED) is 0.633. The van der Waals surface area contributed by atoms with E-state index in [2.05, 4.69) is 10.4 Å². The molecule has 2 aromatic carbocycles. The number of carbonyl (C=O) groups excluding carboxylic acids is 1. The van der Waals surface area contributed by atoms with E-state index in [-0.39, 0.29) is 23.9 Å². The first-order valence-electron chi connectivity index (χ1n) is 8.45. The molecule has 0 aliphatic heterocycles. The molecule has 1 aromatic heterocycles. The molecule has 0 saturated carbocycles. The molecule has 26 heavy (non-hydrogen) atoms. The standard InChI is InChI=1S/C20H20FN3O2/c21-18-9-4-5-10-19(18)26-12-6-11-22-20(25)13-16-14-23-24(15-16)17-7-2-1-3-8-17/h1-5,7-10,14-15H,6,11-13H2,(H,22,25). The number of hydrogen-bond donors (Lipinski definition) is 1. The zero-order valence-electron chi connectivity index (χ0n) is 14.3. The predicted molar refractivity (Wildman–Crippen MR) is 96.8 cm³/mol. The van der Waals surface area contributed by atoms with E-state index >= 15 is 0 Å². The lowest BCUT2D eigenvalue weighted by molar-refractivity contribution is -0.120. The van der Waals surface area contributed by atoms with Gasteiger partial charge >= 0.3 is 0 Å². The molecule has 0 unspecified atom stereocenters. The van der Waals surface area contributed by atoms with Crippen LogP contribution in [0.4, 0.5) is 4.39 Å². The van der Waals surface area contributed by atoms with E-state index in [1.807, 2.05) is 36.5 Å². The van der Waals surface area contributed by atoms with E-state index in [0.29, 0.717) is 19.6 Å². The summed E-state index contributed by atoms with van der Waals surface area (Å²) in [5.41, 5.74) is 1.79. The van der Waals surface area contributed by atoms with E-state index < -0.39 is 0 Å². The number of aromatic nitrogens is 2. The third-order valence-corrected chi connectivity index (χ3v) is 3.76. The molecule has 0 aliphatic rings. The zero-order chi connectivity index (χ0) is 18.2. The Kier molecular flexibility index (Phi) is 5.98. The predicted octanol–water partition coefficient (Wildman–Crippen LogP) is 3.14. The average molecular weight is 353 g/mol. The number of hydrogen-bond acceptors (Lipinski definition) is 3. The van der Waals surface area contributed by atoms with Gasteiger partial charge in [-0.05, 0) is 36.2 Å². The van der Waals surface area contributed by atoms with Crippen molar-refractivity contribution in [2.75, 3.05) is 13.2 Å². The highest BCUT2D eigenvalue weighted by Crippen LogP contribution is 2.15. The molecule has 1 N–H and O–H groups in total. The van der Waals surface area contributed by atoms with E-state index in [9.17, 15) is 9.18 Å². The number of para-hydroxylation sites is 2. The highest BCUT2D eigenvalue weighted by atomic mass is 19.1. The molecule has 1 amide bonds. The lowest BCUT2D eigenvalue weighted by Crippen LogP contribution is -2.27. The molecule has 3 aromatic rings. The van der Waals surface area contributed by atoms with Gasteiger partial charge in [0.15, 0.2) is 11.6 Å². The first-order chi connectivity index (χ1) is 12.7. The fourth-order valence-electron chi connectivity index (χ4n) is 2.47. The van der Waals surface area contributed by atoms with Crippen molar-refractivity contribution >= 4 is 5.91 Å². The smallest absolute Gasteiger partial charge is 0.224 e. The summed E-state index contributed by atoms with van der Waals surface area (Å²) in [4.78, 5) is 12.0. The van der Waals surface area contributed by atoms with Crippen LogP contribution in [0, 0.1) is 5.82 Å². The van der Waals surface area contributed by atoms with Gasteiger partial charge in [0.1, 0.15) is 0 Å². The molecule has 0 bridgehead atoms. The van der Waals surface area contributed by atoms with Crippen LogP contribution in [0.1, 0.15) is 12.0 Å². The Morgan fingerprint density at radius 2 is 1.88 bits per heavy atom. The molecule has 0 atom stereocenters. The second-order valence-corrected chi connectivity index (χ2v) is 5.79. The molecule has 0 aliphatic carbocycles. The van der Waals surface area contributed by atoms with Crippen molar-refractivity contribution in [3.63, 3.8) is 0 Å². The number of halogens is 1. The van der Waals surface area contributed by atoms with Crippen molar-refractivity contribution in [3.8, 4) is 11.4 Å². The highest BCUT2D eigenvalue weighted by molar-refractivity contribution is 5.78. The molecule has 0 fully saturated rings. The van der Waals surface area contributed by atoms with Crippen LogP contribution in [0.2, 0.25) is 0 Å². The van der Waals surface area contributed by atoms with Crippen molar-refractivity contribution in [2.45, 2.75) is 12.8 Å². The Morgan fingerprint density at radius 3 is 2.69 bits per heavy atom. The number of nitrogens with zero attached hydrogens (tertiary/aromatic N) is 2. The molecule has 0 saturated heterocycles. The second kappa shape index (κ2) is 8.80. The number of nitrogens with one attached hydrogen (secondary N) is 1. The van der Waals surface area contributed by atoms with Crippen LogP contribution in [0.15, 0.2) is 67.0 Å². The normalized spacial score (nSPS) is 10.5. The Balaban J connectivity index is 1.38. The average Bonchev–Trinajstić information content (AvgIpc) is 3.12. The van der Waals surface area contributed by atoms with Gasteiger partial charge < -0.3 is 10.1 Å². The van der Waals surface area contributed by atoms with Gasteiger partial charge in [0.2, 0.25) is 5.91 Å². The van der Waals surface area contributed by atoms with E-state index in [4.69, 9.17) is 4.74 Å². The summed E-state index contributed by atoms with van der Waals surface area (Å²) < 4.78 is 20.5. The number of amides is 1. The molecule has 6 heteroatoms. The van der Waals surface area contributed by atoms with Gasteiger partial charge in [-0.1, -0.05) is 30.3 Å². The molecule has 134 valence electrons. The lowest BCUT2D eigenvalue weighted by atomic mass is 10.2. The van der Waals surface area contributed by atoms with Crippen LogP contribution >= 0.6 is 0 Å². The van der Waals surface area contributed by atoms with Crippen molar-refractivity contribution < 1.29 is 13.9 Å². The van der Waals surface area contributed by atoms with Gasteiger partial charge in [-0.25, -0.2) is 9.07 Å². The van der Waals surface area contributed by atoms with Crippen LogP contribution in [0.5, 0.6) is 5.75 Å². The summed E-state index contributed by atoms with van der Waals surface area (Å²) in [6.07, 6.45) is 4.40. The van der Waals surface area contributed by atoms with Crippen molar-refractivity contribution in [1.82, 2.24) is 15.1 Å². The number of rotatable bonds is 8. The van der Waals surface area contributed by atoms with Gasteiger partial charge in [-0.15, -0.1) is 0 Å².